The van der Waals surface area contributed by atoms with Crippen molar-refractivity contribution < 1.29 is 14.4 Å². The summed E-state index contributed by atoms with van der Waals surface area (Å²) in [6.45, 7) is 6.03. The van der Waals surface area contributed by atoms with Crippen molar-refractivity contribution in [3.05, 3.63) is 35.9 Å². The fourth-order valence-electron chi connectivity index (χ4n) is 1.09. The SMILES string of the molecule is CC(C)(C)OCC(=O)NOCc1ccccc1. The van der Waals surface area contributed by atoms with Crippen LogP contribution in [0.25, 0.3) is 0 Å². The molecule has 0 heterocycles. The molecule has 0 aromatic heterocycles. The van der Waals surface area contributed by atoms with Crippen LogP contribution in [0.5, 0.6) is 0 Å². The molecule has 1 aromatic rings. The average Bonchev–Trinajstić information content (AvgIpc) is 2.27. The van der Waals surface area contributed by atoms with E-state index < -0.39 is 0 Å². The Morgan fingerprint density at radius 1 is 1.24 bits per heavy atom. The van der Waals surface area contributed by atoms with Gasteiger partial charge in [0.15, 0.2) is 0 Å². The summed E-state index contributed by atoms with van der Waals surface area (Å²) in [5, 5.41) is 0. The molecule has 0 fully saturated rings. The quantitative estimate of drug-likeness (QED) is 0.797. The molecule has 1 rings (SSSR count). The first-order chi connectivity index (χ1) is 7.97. The van der Waals surface area contributed by atoms with Crippen molar-refractivity contribution >= 4 is 5.91 Å². The smallest absolute Gasteiger partial charge is 0.269 e. The number of ether oxygens (including phenoxy) is 1. The predicted molar refractivity (Wildman–Crippen MR) is 65.1 cm³/mol. The number of rotatable bonds is 5. The average molecular weight is 237 g/mol. The lowest BCUT2D eigenvalue weighted by Gasteiger charge is -2.18. The first kappa shape index (κ1) is 13.7. The van der Waals surface area contributed by atoms with Crippen molar-refractivity contribution in [2.24, 2.45) is 0 Å². The van der Waals surface area contributed by atoms with Gasteiger partial charge in [0.2, 0.25) is 0 Å². The minimum atomic E-state index is -0.323. The lowest BCUT2D eigenvalue weighted by molar-refractivity contribution is -0.144. The first-order valence-corrected chi connectivity index (χ1v) is 5.56. The van der Waals surface area contributed by atoms with E-state index in [-0.39, 0.29) is 18.1 Å². The van der Waals surface area contributed by atoms with Gasteiger partial charge in [0, 0.05) is 0 Å². The summed E-state index contributed by atoms with van der Waals surface area (Å²) < 4.78 is 5.30. The van der Waals surface area contributed by atoms with Crippen molar-refractivity contribution in [1.82, 2.24) is 5.48 Å². The molecular formula is C13H19NO3. The van der Waals surface area contributed by atoms with E-state index in [4.69, 9.17) is 9.57 Å². The number of carbonyl (C=O) groups is 1. The molecule has 1 aromatic carbocycles. The zero-order valence-electron chi connectivity index (χ0n) is 10.5. The molecule has 0 spiro atoms. The summed E-state index contributed by atoms with van der Waals surface area (Å²) >= 11 is 0. The van der Waals surface area contributed by atoms with Gasteiger partial charge in [0.1, 0.15) is 6.61 Å². The summed E-state index contributed by atoms with van der Waals surface area (Å²) in [5.41, 5.74) is 3.02. The van der Waals surface area contributed by atoms with Crippen molar-refractivity contribution in [3.63, 3.8) is 0 Å². The van der Waals surface area contributed by atoms with E-state index in [0.29, 0.717) is 6.61 Å². The molecule has 94 valence electrons. The molecule has 0 aliphatic carbocycles. The summed E-state index contributed by atoms with van der Waals surface area (Å²) in [6, 6.07) is 9.63. The number of nitrogens with one attached hydrogen (secondary N) is 1. The highest BCUT2D eigenvalue weighted by Crippen LogP contribution is 2.05. The Morgan fingerprint density at radius 3 is 2.47 bits per heavy atom. The third-order valence-electron chi connectivity index (χ3n) is 1.90. The van der Waals surface area contributed by atoms with Gasteiger partial charge in [0.05, 0.1) is 12.2 Å². The minimum absolute atomic E-state index is 0.00170. The molecule has 0 saturated carbocycles. The Hall–Kier alpha value is -1.39. The Morgan fingerprint density at radius 2 is 1.88 bits per heavy atom. The normalized spacial score (nSPS) is 11.2. The van der Waals surface area contributed by atoms with E-state index in [2.05, 4.69) is 5.48 Å². The maximum atomic E-state index is 11.3. The lowest BCUT2D eigenvalue weighted by Crippen LogP contribution is -2.32. The topological polar surface area (TPSA) is 47.6 Å². The van der Waals surface area contributed by atoms with Crippen LogP contribution in [-0.2, 0) is 21.0 Å². The third-order valence-corrected chi connectivity index (χ3v) is 1.90. The van der Waals surface area contributed by atoms with Gasteiger partial charge < -0.3 is 4.74 Å². The fraction of sp³-hybridized carbons (Fsp3) is 0.462. The Balaban J connectivity index is 2.17. The van der Waals surface area contributed by atoms with Crippen molar-refractivity contribution in [3.8, 4) is 0 Å². The van der Waals surface area contributed by atoms with E-state index in [1.807, 2.05) is 51.1 Å². The molecule has 0 unspecified atom stereocenters. The van der Waals surface area contributed by atoms with Gasteiger partial charge >= 0.3 is 0 Å². The van der Waals surface area contributed by atoms with Gasteiger partial charge in [0.25, 0.3) is 5.91 Å². The van der Waals surface area contributed by atoms with Gasteiger partial charge in [-0.05, 0) is 26.3 Å². The molecule has 0 aliphatic rings. The highest BCUT2D eigenvalue weighted by Gasteiger charge is 2.12. The van der Waals surface area contributed by atoms with Gasteiger partial charge in [-0.2, -0.15) is 0 Å². The third kappa shape index (κ3) is 6.71. The Bertz CT molecular complexity index is 343. The van der Waals surface area contributed by atoms with Crippen molar-refractivity contribution in [1.29, 1.82) is 0 Å². The second-order valence-electron chi connectivity index (χ2n) is 4.70. The summed E-state index contributed by atoms with van der Waals surface area (Å²) in [6.07, 6.45) is 0. The van der Waals surface area contributed by atoms with Crippen LogP contribution in [-0.4, -0.2) is 18.1 Å². The molecule has 1 amide bonds. The fourth-order valence-corrected chi connectivity index (χ4v) is 1.09. The largest absolute Gasteiger partial charge is 0.366 e. The number of hydrogen-bond acceptors (Lipinski definition) is 3. The maximum absolute atomic E-state index is 11.3. The van der Waals surface area contributed by atoms with Crippen LogP contribution in [0.2, 0.25) is 0 Å². The zero-order valence-corrected chi connectivity index (χ0v) is 10.5. The number of benzene rings is 1. The van der Waals surface area contributed by atoms with Gasteiger partial charge in [-0.25, -0.2) is 5.48 Å². The maximum Gasteiger partial charge on any atom is 0.269 e. The van der Waals surface area contributed by atoms with E-state index in [0.717, 1.165) is 5.56 Å². The Labute approximate surface area is 102 Å². The van der Waals surface area contributed by atoms with Gasteiger partial charge in [-0.3, -0.25) is 9.63 Å². The van der Waals surface area contributed by atoms with Crippen LogP contribution >= 0.6 is 0 Å². The van der Waals surface area contributed by atoms with Crippen LogP contribution in [0.4, 0.5) is 0 Å². The molecular weight excluding hydrogens is 218 g/mol. The minimum Gasteiger partial charge on any atom is -0.366 e. The van der Waals surface area contributed by atoms with Crippen LogP contribution < -0.4 is 5.48 Å². The highest BCUT2D eigenvalue weighted by molar-refractivity contribution is 5.76. The van der Waals surface area contributed by atoms with Crippen LogP contribution in [0.15, 0.2) is 30.3 Å². The standard InChI is InChI=1S/C13H19NO3/c1-13(2,3)16-10-12(15)14-17-9-11-7-5-4-6-8-11/h4-8H,9-10H2,1-3H3,(H,14,15). The molecule has 1 N–H and O–H groups in total. The summed E-state index contributed by atoms with van der Waals surface area (Å²) in [4.78, 5) is 16.4. The lowest BCUT2D eigenvalue weighted by atomic mass is 10.2. The van der Waals surface area contributed by atoms with Gasteiger partial charge in [-0.1, -0.05) is 30.3 Å². The second-order valence-corrected chi connectivity index (χ2v) is 4.70. The van der Waals surface area contributed by atoms with Crippen LogP contribution in [0.3, 0.4) is 0 Å². The number of hydrogen-bond donors (Lipinski definition) is 1. The van der Waals surface area contributed by atoms with E-state index in [1.165, 1.54) is 0 Å². The molecule has 0 aliphatic heterocycles. The van der Waals surface area contributed by atoms with E-state index in [1.54, 1.807) is 0 Å². The Kier molecular flexibility index (Phi) is 5.12. The van der Waals surface area contributed by atoms with E-state index in [9.17, 15) is 4.79 Å². The molecule has 0 radical (unpaired) electrons. The predicted octanol–water partition coefficient (Wildman–Crippen LogP) is 2.05. The monoisotopic (exact) mass is 237 g/mol. The summed E-state index contributed by atoms with van der Waals surface area (Å²) in [7, 11) is 0. The van der Waals surface area contributed by atoms with E-state index >= 15 is 0 Å². The molecule has 0 atom stereocenters. The molecule has 0 saturated heterocycles. The number of hydroxylamine groups is 1. The zero-order chi connectivity index (χ0) is 12.7. The van der Waals surface area contributed by atoms with Crippen molar-refractivity contribution in [2.45, 2.75) is 33.0 Å². The van der Waals surface area contributed by atoms with Crippen molar-refractivity contribution in [2.75, 3.05) is 6.61 Å². The van der Waals surface area contributed by atoms with Crippen LogP contribution in [0, 0.1) is 0 Å². The molecule has 4 nitrogen and oxygen atoms in total. The van der Waals surface area contributed by atoms with Gasteiger partial charge in [-0.15, -0.1) is 0 Å². The second kappa shape index (κ2) is 6.37. The summed E-state index contributed by atoms with van der Waals surface area (Å²) in [5.74, 6) is -0.282. The molecule has 0 bridgehead atoms. The number of carbonyl (C=O) groups excluding carboxylic acids is 1. The van der Waals surface area contributed by atoms with Crippen LogP contribution in [0.1, 0.15) is 26.3 Å². The highest BCUT2D eigenvalue weighted by atomic mass is 16.7. The number of amides is 1. The molecule has 17 heavy (non-hydrogen) atoms. The first-order valence-electron chi connectivity index (χ1n) is 5.56. The molecule has 4 heteroatoms.